The fraction of sp³-hybridized carbons (Fsp3) is 0.263. The van der Waals surface area contributed by atoms with Gasteiger partial charge in [-0.2, -0.15) is 0 Å². The molecule has 3 aromatic rings. The lowest BCUT2D eigenvalue weighted by Crippen LogP contribution is -2.36. The second kappa shape index (κ2) is 6.48. The van der Waals surface area contributed by atoms with E-state index in [0.717, 1.165) is 22.0 Å². The lowest BCUT2D eigenvalue weighted by atomic mass is 9.85. The number of fused-ring (bicyclic) bond motifs is 1. The SMILES string of the molecule is Cc1ccc(S(=O)(=O)NCC(C)(C)c2c[nH]c3cc(Cl)ccc23)cc1. The molecular weight excluding hydrogens is 356 g/mol. The van der Waals surface area contributed by atoms with Crippen molar-refractivity contribution in [2.75, 3.05) is 6.54 Å². The normalized spacial score (nSPS) is 12.6. The van der Waals surface area contributed by atoms with Gasteiger partial charge in [0, 0.05) is 34.1 Å². The quantitative estimate of drug-likeness (QED) is 0.693. The number of aromatic nitrogens is 1. The van der Waals surface area contributed by atoms with Gasteiger partial charge in [-0.15, -0.1) is 0 Å². The molecule has 0 spiro atoms. The van der Waals surface area contributed by atoms with Gasteiger partial charge >= 0.3 is 0 Å². The van der Waals surface area contributed by atoms with Gasteiger partial charge in [0.1, 0.15) is 0 Å². The Bertz CT molecular complexity index is 1010. The van der Waals surface area contributed by atoms with E-state index >= 15 is 0 Å². The van der Waals surface area contributed by atoms with Gasteiger partial charge in [0.25, 0.3) is 0 Å². The van der Waals surface area contributed by atoms with Crippen molar-refractivity contribution in [1.29, 1.82) is 0 Å². The summed E-state index contributed by atoms with van der Waals surface area (Å²) >= 11 is 6.03. The van der Waals surface area contributed by atoms with E-state index < -0.39 is 10.0 Å². The van der Waals surface area contributed by atoms with Crippen molar-refractivity contribution in [3.63, 3.8) is 0 Å². The van der Waals surface area contributed by atoms with Crippen molar-refractivity contribution in [2.45, 2.75) is 31.1 Å². The third kappa shape index (κ3) is 3.73. The molecule has 0 atom stereocenters. The number of halogens is 1. The molecule has 0 saturated carbocycles. The Hall–Kier alpha value is -1.82. The summed E-state index contributed by atoms with van der Waals surface area (Å²) in [5, 5.41) is 1.71. The molecule has 6 heteroatoms. The summed E-state index contributed by atoms with van der Waals surface area (Å²) in [6, 6.07) is 12.5. The molecule has 2 aromatic carbocycles. The van der Waals surface area contributed by atoms with Gasteiger partial charge in [0.15, 0.2) is 0 Å². The van der Waals surface area contributed by atoms with E-state index in [2.05, 4.69) is 9.71 Å². The maximum Gasteiger partial charge on any atom is 0.240 e. The molecule has 0 unspecified atom stereocenters. The van der Waals surface area contributed by atoms with E-state index in [1.807, 2.05) is 45.2 Å². The largest absolute Gasteiger partial charge is 0.361 e. The van der Waals surface area contributed by atoms with Crippen LogP contribution in [0.25, 0.3) is 10.9 Å². The molecule has 0 aliphatic carbocycles. The van der Waals surface area contributed by atoms with Crippen molar-refractivity contribution in [3.8, 4) is 0 Å². The van der Waals surface area contributed by atoms with Crippen molar-refractivity contribution in [3.05, 3.63) is 64.8 Å². The van der Waals surface area contributed by atoms with Gasteiger partial charge < -0.3 is 4.98 Å². The zero-order valence-electron chi connectivity index (χ0n) is 14.4. The van der Waals surface area contributed by atoms with E-state index in [4.69, 9.17) is 11.6 Å². The third-order valence-corrected chi connectivity index (χ3v) is 6.06. The van der Waals surface area contributed by atoms with Crippen molar-refractivity contribution in [2.24, 2.45) is 0 Å². The molecular formula is C19H21ClN2O2S. The average molecular weight is 377 g/mol. The fourth-order valence-corrected chi connectivity index (χ4v) is 4.21. The van der Waals surface area contributed by atoms with Crippen LogP contribution in [0, 0.1) is 6.92 Å². The Kier molecular flexibility index (Phi) is 4.66. The van der Waals surface area contributed by atoms with Crippen LogP contribution in [-0.4, -0.2) is 19.9 Å². The lowest BCUT2D eigenvalue weighted by Gasteiger charge is -2.25. The molecule has 0 aliphatic rings. The van der Waals surface area contributed by atoms with Crippen LogP contribution >= 0.6 is 11.6 Å². The van der Waals surface area contributed by atoms with Crippen LogP contribution in [0.1, 0.15) is 25.0 Å². The van der Waals surface area contributed by atoms with E-state index in [-0.39, 0.29) is 10.3 Å². The summed E-state index contributed by atoms with van der Waals surface area (Å²) in [5.74, 6) is 0. The Morgan fingerprint density at radius 2 is 1.80 bits per heavy atom. The predicted molar refractivity (Wildman–Crippen MR) is 103 cm³/mol. The Morgan fingerprint density at radius 3 is 2.48 bits per heavy atom. The average Bonchev–Trinajstić information content (AvgIpc) is 2.97. The first-order chi connectivity index (χ1) is 11.7. The van der Waals surface area contributed by atoms with Gasteiger partial charge in [-0.1, -0.05) is 49.2 Å². The molecule has 1 aromatic heterocycles. The van der Waals surface area contributed by atoms with Gasteiger partial charge in [-0.25, -0.2) is 13.1 Å². The van der Waals surface area contributed by atoms with Crippen LogP contribution < -0.4 is 4.72 Å². The number of hydrogen-bond acceptors (Lipinski definition) is 2. The third-order valence-electron chi connectivity index (χ3n) is 4.41. The van der Waals surface area contributed by atoms with Crippen LogP contribution in [0.2, 0.25) is 5.02 Å². The van der Waals surface area contributed by atoms with Gasteiger partial charge in [-0.3, -0.25) is 0 Å². The number of aromatic amines is 1. The van der Waals surface area contributed by atoms with Gasteiger partial charge in [0.05, 0.1) is 4.90 Å². The van der Waals surface area contributed by atoms with Crippen LogP contribution in [0.4, 0.5) is 0 Å². The minimum Gasteiger partial charge on any atom is -0.361 e. The van der Waals surface area contributed by atoms with E-state index in [0.29, 0.717) is 11.6 Å². The highest BCUT2D eigenvalue weighted by atomic mass is 35.5. The smallest absolute Gasteiger partial charge is 0.240 e. The lowest BCUT2D eigenvalue weighted by molar-refractivity contribution is 0.505. The highest BCUT2D eigenvalue weighted by molar-refractivity contribution is 7.89. The number of H-pyrrole nitrogens is 1. The van der Waals surface area contributed by atoms with Crippen molar-refractivity contribution in [1.82, 2.24) is 9.71 Å². The zero-order valence-corrected chi connectivity index (χ0v) is 16.0. The maximum absolute atomic E-state index is 12.5. The monoisotopic (exact) mass is 376 g/mol. The number of sulfonamides is 1. The molecule has 3 rings (SSSR count). The molecule has 132 valence electrons. The number of rotatable bonds is 5. The molecule has 4 nitrogen and oxygen atoms in total. The molecule has 0 amide bonds. The van der Waals surface area contributed by atoms with Gasteiger partial charge in [-0.05, 0) is 36.8 Å². The number of benzene rings is 2. The molecule has 1 heterocycles. The summed E-state index contributed by atoms with van der Waals surface area (Å²) in [5.41, 5.74) is 2.63. The molecule has 0 saturated heterocycles. The first-order valence-electron chi connectivity index (χ1n) is 8.02. The summed E-state index contributed by atoms with van der Waals surface area (Å²) < 4.78 is 27.8. The first-order valence-corrected chi connectivity index (χ1v) is 9.89. The standard InChI is InChI=1S/C19H21ClN2O2S/c1-13-4-7-15(8-5-13)25(23,24)22-12-19(2,3)17-11-21-18-10-14(20)6-9-16(17)18/h4-11,21-22H,12H2,1-3H3. The van der Waals surface area contributed by atoms with Crippen molar-refractivity contribution >= 4 is 32.5 Å². The first kappa shape index (κ1) is 18.0. The molecule has 25 heavy (non-hydrogen) atoms. The Balaban J connectivity index is 1.84. The highest BCUT2D eigenvalue weighted by Crippen LogP contribution is 2.31. The van der Waals surface area contributed by atoms with Crippen LogP contribution in [0.3, 0.4) is 0 Å². The topological polar surface area (TPSA) is 62.0 Å². The van der Waals surface area contributed by atoms with E-state index in [9.17, 15) is 8.42 Å². The summed E-state index contributed by atoms with van der Waals surface area (Å²) in [6.45, 7) is 6.25. The van der Waals surface area contributed by atoms with Crippen LogP contribution in [0.15, 0.2) is 53.6 Å². The molecule has 2 N–H and O–H groups in total. The molecule has 0 bridgehead atoms. The molecule has 0 fully saturated rings. The minimum atomic E-state index is -3.54. The molecule has 0 radical (unpaired) electrons. The summed E-state index contributed by atoms with van der Waals surface area (Å²) in [4.78, 5) is 3.49. The van der Waals surface area contributed by atoms with E-state index in [1.165, 1.54) is 0 Å². The van der Waals surface area contributed by atoms with Crippen molar-refractivity contribution < 1.29 is 8.42 Å². The Labute approximate surface area is 153 Å². The predicted octanol–water partition coefficient (Wildman–Crippen LogP) is 4.39. The second-order valence-corrected chi connectivity index (χ2v) is 9.12. The molecule has 0 aliphatic heterocycles. The second-order valence-electron chi connectivity index (χ2n) is 6.91. The summed E-state index contributed by atoms with van der Waals surface area (Å²) in [6.07, 6.45) is 1.92. The fourth-order valence-electron chi connectivity index (χ4n) is 2.83. The highest BCUT2D eigenvalue weighted by Gasteiger charge is 2.26. The number of hydrogen-bond donors (Lipinski definition) is 2. The maximum atomic E-state index is 12.5. The zero-order chi connectivity index (χ0) is 18.2. The Morgan fingerprint density at radius 1 is 1.12 bits per heavy atom. The summed E-state index contributed by atoms with van der Waals surface area (Å²) in [7, 11) is -3.54. The van der Waals surface area contributed by atoms with Crippen LogP contribution in [0.5, 0.6) is 0 Å². The van der Waals surface area contributed by atoms with E-state index in [1.54, 1.807) is 24.3 Å². The number of aryl methyl sites for hydroxylation is 1. The number of nitrogens with one attached hydrogen (secondary N) is 2. The minimum absolute atomic E-state index is 0.277. The van der Waals surface area contributed by atoms with Gasteiger partial charge in [0.2, 0.25) is 10.0 Å². The van der Waals surface area contributed by atoms with Crippen LogP contribution in [-0.2, 0) is 15.4 Å².